The SMILES string of the molecule is [2H]c1c([2H])c([2H])c2c(c1[2H])c1c([2H])c([2H])c3c4c([2H])c([2H])c([2H])c([2H])c4n(-c4nc(-c5ccccc5)nc(-c5ccc(-c6ccccc6)cc5)n4)c3c1n2-c1ccc(-c2ccccc2)cc1. The second-order valence-corrected chi connectivity index (χ2v) is 13.3. The van der Waals surface area contributed by atoms with Gasteiger partial charge in [-0.15, -0.1) is 0 Å². The van der Waals surface area contributed by atoms with E-state index in [1.165, 1.54) is 4.57 Å². The summed E-state index contributed by atoms with van der Waals surface area (Å²) in [6.07, 6.45) is 0. The highest BCUT2D eigenvalue weighted by molar-refractivity contribution is 6.23. The lowest BCUT2D eigenvalue weighted by Crippen LogP contribution is -2.07. The molecular formula is C51H33N5. The first kappa shape index (κ1) is 23.2. The summed E-state index contributed by atoms with van der Waals surface area (Å²) in [7, 11) is 0. The summed E-state index contributed by atoms with van der Waals surface area (Å²) < 4.78 is 95.2. The molecule has 56 heavy (non-hydrogen) atoms. The maximum atomic E-state index is 9.69. The monoisotopic (exact) mass is 725 g/mol. The van der Waals surface area contributed by atoms with E-state index in [-0.39, 0.29) is 67.3 Å². The molecule has 11 aromatic rings. The fourth-order valence-electron chi connectivity index (χ4n) is 7.45. The Labute approximate surface area is 337 Å². The summed E-state index contributed by atoms with van der Waals surface area (Å²) in [6.45, 7) is 0. The molecule has 0 spiro atoms. The molecule has 0 saturated carbocycles. The summed E-state index contributed by atoms with van der Waals surface area (Å²) in [6, 6.07) is 39.3. The van der Waals surface area contributed by atoms with Gasteiger partial charge in [-0.1, -0.05) is 176 Å². The molecule has 0 unspecified atom stereocenters. The highest BCUT2D eigenvalue weighted by Gasteiger charge is 2.23. The predicted octanol–water partition coefficient (Wildman–Crippen LogP) is 12.7. The summed E-state index contributed by atoms with van der Waals surface area (Å²) in [5.74, 6) is 0.422. The molecule has 0 fully saturated rings. The van der Waals surface area contributed by atoms with Gasteiger partial charge in [-0.25, -0.2) is 4.98 Å². The molecule has 0 radical (unpaired) electrons. The van der Waals surface area contributed by atoms with Crippen LogP contribution in [0.1, 0.15) is 13.7 Å². The van der Waals surface area contributed by atoms with Gasteiger partial charge in [-0.2, -0.15) is 9.97 Å². The fraction of sp³-hybridized carbons (Fsp3) is 0. The van der Waals surface area contributed by atoms with E-state index in [2.05, 4.69) is 0 Å². The van der Waals surface area contributed by atoms with E-state index >= 15 is 0 Å². The molecule has 0 saturated heterocycles. The van der Waals surface area contributed by atoms with Crippen LogP contribution in [0.3, 0.4) is 0 Å². The van der Waals surface area contributed by atoms with Crippen molar-refractivity contribution in [3.05, 3.63) is 200 Å². The zero-order valence-electron chi connectivity index (χ0n) is 39.5. The minimum absolute atomic E-state index is 0.000266. The highest BCUT2D eigenvalue weighted by atomic mass is 15.2. The van der Waals surface area contributed by atoms with Gasteiger partial charge in [0.2, 0.25) is 5.95 Å². The summed E-state index contributed by atoms with van der Waals surface area (Å²) in [5.41, 5.74) is 5.73. The van der Waals surface area contributed by atoms with Crippen molar-refractivity contribution in [2.24, 2.45) is 0 Å². The van der Waals surface area contributed by atoms with E-state index in [1.807, 2.05) is 140 Å². The van der Waals surface area contributed by atoms with Crippen LogP contribution in [-0.4, -0.2) is 24.1 Å². The maximum Gasteiger partial charge on any atom is 0.238 e. The zero-order valence-corrected chi connectivity index (χ0v) is 29.5. The van der Waals surface area contributed by atoms with Gasteiger partial charge in [0.15, 0.2) is 11.6 Å². The maximum absolute atomic E-state index is 9.69. The first-order chi connectivity index (χ1) is 31.9. The van der Waals surface area contributed by atoms with Gasteiger partial charge in [-0.05, 0) is 46.5 Å². The molecule has 5 nitrogen and oxygen atoms in total. The van der Waals surface area contributed by atoms with Crippen molar-refractivity contribution >= 4 is 43.6 Å². The van der Waals surface area contributed by atoms with Crippen LogP contribution in [-0.2, 0) is 0 Å². The van der Waals surface area contributed by atoms with Gasteiger partial charge in [0.25, 0.3) is 0 Å². The number of rotatable bonds is 6. The second kappa shape index (κ2) is 13.0. The number of fused-ring (bicyclic) bond motifs is 7. The Hall–Kier alpha value is -7.63. The third-order valence-corrected chi connectivity index (χ3v) is 10.1. The summed E-state index contributed by atoms with van der Waals surface area (Å²) >= 11 is 0. The molecule has 8 aromatic carbocycles. The molecule has 11 rings (SSSR count). The van der Waals surface area contributed by atoms with Gasteiger partial charge < -0.3 is 4.57 Å². The van der Waals surface area contributed by atoms with Crippen LogP contribution in [0.25, 0.3) is 100 Å². The lowest BCUT2D eigenvalue weighted by Gasteiger charge is -2.14. The number of hydrogen-bond acceptors (Lipinski definition) is 3. The van der Waals surface area contributed by atoms with Crippen LogP contribution < -0.4 is 0 Å². The predicted molar refractivity (Wildman–Crippen MR) is 230 cm³/mol. The Kier molecular flexibility index (Phi) is 5.41. The first-order valence-electron chi connectivity index (χ1n) is 23.1. The van der Waals surface area contributed by atoms with Gasteiger partial charge in [-0.3, -0.25) is 4.57 Å². The van der Waals surface area contributed by atoms with Crippen molar-refractivity contribution in [3.63, 3.8) is 0 Å². The number of aromatic nitrogens is 5. The van der Waals surface area contributed by atoms with Crippen LogP contribution in [0.5, 0.6) is 0 Å². The third kappa shape index (κ3) is 5.21. The Balaban J connectivity index is 1.33. The molecule has 0 aliphatic rings. The number of nitrogens with zero attached hydrogens (tertiary/aromatic N) is 5. The molecular weight excluding hydrogens is 683 g/mol. The minimum Gasteiger partial charge on any atom is -0.307 e. The second-order valence-electron chi connectivity index (χ2n) is 13.3. The number of para-hydroxylation sites is 2. The smallest absolute Gasteiger partial charge is 0.238 e. The number of hydrogen-bond donors (Lipinski definition) is 0. The van der Waals surface area contributed by atoms with Gasteiger partial charge >= 0.3 is 0 Å². The normalized spacial score (nSPS) is 14.1. The average Bonchev–Trinajstić information content (AvgIpc) is 3.91. The minimum atomic E-state index is -0.547. The molecule has 0 bridgehead atoms. The topological polar surface area (TPSA) is 48.5 Å². The highest BCUT2D eigenvalue weighted by Crippen LogP contribution is 2.42. The molecule has 3 heterocycles. The lowest BCUT2D eigenvalue weighted by atomic mass is 10.0. The molecule has 262 valence electrons. The Bertz CT molecular complexity index is 3780. The van der Waals surface area contributed by atoms with Crippen molar-refractivity contribution in [1.82, 2.24) is 24.1 Å². The van der Waals surface area contributed by atoms with Crippen LogP contribution in [0.2, 0.25) is 0 Å². The van der Waals surface area contributed by atoms with E-state index in [0.29, 0.717) is 16.8 Å². The van der Waals surface area contributed by atoms with E-state index in [9.17, 15) is 8.22 Å². The van der Waals surface area contributed by atoms with E-state index in [4.69, 9.17) is 20.4 Å². The first-order valence-corrected chi connectivity index (χ1v) is 18.1. The summed E-state index contributed by atoms with van der Waals surface area (Å²) in [5, 5.41) is -0.0394. The van der Waals surface area contributed by atoms with Gasteiger partial charge in [0, 0.05) is 38.4 Å². The van der Waals surface area contributed by atoms with Crippen molar-refractivity contribution in [3.8, 4) is 56.7 Å². The largest absolute Gasteiger partial charge is 0.307 e. The van der Waals surface area contributed by atoms with Crippen molar-refractivity contribution in [2.45, 2.75) is 0 Å². The molecule has 0 amide bonds. The van der Waals surface area contributed by atoms with E-state index in [1.54, 1.807) is 4.57 Å². The van der Waals surface area contributed by atoms with Crippen molar-refractivity contribution < 1.29 is 13.7 Å². The molecule has 0 aliphatic heterocycles. The van der Waals surface area contributed by atoms with Crippen molar-refractivity contribution in [1.29, 1.82) is 0 Å². The van der Waals surface area contributed by atoms with Crippen LogP contribution in [0.4, 0.5) is 0 Å². The van der Waals surface area contributed by atoms with Crippen LogP contribution >= 0.6 is 0 Å². The van der Waals surface area contributed by atoms with Gasteiger partial charge in [0.05, 0.1) is 35.8 Å². The Morgan fingerprint density at radius 2 is 0.732 bits per heavy atom. The molecule has 0 atom stereocenters. The molecule has 5 heteroatoms. The third-order valence-electron chi connectivity index (χ3n) is 10.1. The van der Waals surface area contributed by atoms with Crippen molar-refractivity contribution in [2.75, 3.05) is 0 Å². The number of benzene rings is 8. The molecule has 0 N–H and O–H groups in total. The van der Waals surface area contributed by atoms with Crippen LogP contribution in [0, 0.1) is 0 Å². The summed E-state index contributed by atoms with van der Waals surface area (Å²) in [4.78, 5) is 15.0. The van der Waals surface area contributed by atoms with Crippen LogP contribution in [0.15, 0.2) is 200 Å². The van der Waals surface area contributed by atoms with E-state index in [0.717, 1.165) is 22.3 Å². The fourth-order valence-corrected chi connectivity index (χ4v) is 7.45. The quantitative estimate of drug-likeness (QED) is 0.171. The lowest BCUT2D eigenvalue weighted by molar-refractivity contribution is 0.953. The zero-order chi connectivity index (χ0) is 45.7. The van der Waals surface area contributed by atoms with Gasteiger partial charge in [0.1, 0.15) is 0 Å². The standard InChI is InChI=1S/C51H33N5/c1-4-14-34(15-5-1)36-24-26-39(27-25-36)50-52-49(38-18-8-3-9-19-38)53-51(54-50)56-46-23-13-11-21-42(46)44-33-32-43-41-20-10-12-22-45(41)55(47(43)48(44)56)40-30-28-37(29-31-40)35-16-6-2-7-17-35/h1-33H/i10D,11D,12D,13D,20D,21D,22D,23D,32D,33D. The average molecular weight is 726 g/mol. The Morgan fingerprint density at radius 1 is 0.339 bits per heavy atom. The molecule has 3 aromatic heterocycles. The Morgan fingerprint density at radius 3 is 1.27 bits per heavy atom. The molecule has 0 aliphatic carbocycles. The van der Waals surface area contributed by atoms with E-state index < -0.39 is 54.4 Å².